The molecule has 1 rings (SSSR count). The molecule has 0 bridgehead atoms. The first-order chi connectivity index (χ1) is 9.17. The predicted molar refractivity (Wildman–Crippen MR) is 78.4 cm³/mol. The molecule has 0 fully saturated rings. The highest BCUT2D eigenvalue weighted by atomic mass is 35.5. The lowest BCUT2D eigenvalue weighted by Gasteiger charge is -2.20. The van der Waals surface area contributed by atoms with E-state index in [2.05, 4.69) is 0 Å². The summed E-state index contributed by atoms with van der Waals surface area (Å²) in [4.78, 5) is 13.3. The highest BCUT2D eigenvalue weighted by Gasteiger charge is 2.12. The number of benzene rings is 1. The number of halogens is 1. The van der Waals surface area contributed by atoms with Crippen LogP contribution in [-0.4, -0.2) is 53.1 Å². The summed E-state index contributed by atoms with van der Waals surface area (Å²) in [5, 5.41) is 18.4. The Morgan fingerprint density at radius 2 is 1.74 bits per heavy atom. The normalized spacial score (nSPS) is 10.5. The monoisotopic (exact) mass is 303 g/mol. The molecule has 0 saturated carbocycles. The fourth-order valence-corrected chi connectivity index (χ4v) is 2.54. The second kappa shape index (κ2) is 9.20. The van der Waals surface area contributed by atoms with E-state index in [1.165, 1.54) is 16.7 Å². The summed E-state index contributed by atoms with van der Waals surface area (Å²) in [6.07, 6.45) is 0. The average molecular weight is 304 g/mol. The van der Waals surface area contributed by atoms with Crippen LogP contribution in [0.1, 0.15) is 5.56 Å². The first-order valence-electron chi connectivity index (χ1n) is 5.99. The maximum Gasteiger partial charge on any atom is 0.232 e. The number of amides is 1. The van der Waals surface area contributed by atoms with Gasteiger partial charge in [0, 0.05) is 23.9 Å². The quantitative estimate of drug-likeness (QED) is 0.762. The zero-order chi connectivity index (χ0) is 14.1. The van der Waals surface area contributed by atoms with Crippen LogP contribution >= 0.6 is 23.4 Å². The van der Waals surface area contributed by atoms with Gasteiger partial charge in [-0.2, -0.15) is 0 Å². The van der Waals surface area contributed by atoms with E-state index in [1.807, 2.05) is 24.3 Å². The maximum atomic E-state index is 11.8. The van der Waals surface area contributed by atoms with E-state index in [0.29, 0.717) is 10.8 Å². The number of carbonyl (C=O) groups excluding carboxylic acids is 1. The zero-order valence-electron chi connectivity index (χ0n) is 10.6. The number of hydrogen-bond acceptors (Lipinski definition) is 4. The molecule has 0 aromatic heterocycles. The molecule has 0 atom stereocenters. The summed E-state index contributed by atoms with van der Waals surface area (Å²) >= 11 is 7.30. The van der Waals surface area contributed by atoms with Crippen molar-refractivity contribution in [2.45, 2.75) is 5.75 Å². The third-order valence-electron chi connectivity index (χ3n) is 2.50. The fraction of sp³-hybridized carbons (Fsp3) is 0.462. The summed E-state index contributed by atoms with van der Waals surface area (Å²) < 4.78 is 0. The molecule has 0 aliphatic rings. The molecule has 6 heteroatoms. The molecule has 1 aromatic carbocycles. The molecular formula is C13H18ClNO3S. The molecule has 19 heavy (non-hydrogen) atoms. The lowest BCUT2D eigenvalue weighted by Crippen LogP contribution is -2.37. The number of aliphatic hydroxyl groups is 2. The predicted octanol–water partition coefficient (Wildman–Crippen LogP) is 1.39. The van der Waals surface area contributed by atoms with Gasteiger partial charge >= 0.3 is 0 Å². The zero-order valence-corrected chi connectivity index (χ0v) is 12.2. The van der Waals surface area contributed by atoms with Gasteiger partial charge in [0.1, 0.15) is 0 Å². The third-order valence-corrected chi connectivity index (χ3v) is 3.74. The molecule has 0 radical (unpaired) electrons. The van der Waals surface area contributed by atoms with Crippen molar-refractivity contribution >= 4 is 29.3 Å². The van der Waals surface area contributed by atoms with Gasteiger partial charge in [-0.05, 0) is 17.7 Å². The summed E-state index contributed by atoms with van der Waals surface area (Å²) in [5.74, 6) is 1.000. The number of carbonyl (C=O) groups is 1. The molecule has 0 heterocycles. The topological polar surface area (TPSA) is 60.8 Å². The minimum absolute atomic E-state index is 0.0675. The van der Waals surface area contributed by atoms with Crippen LogP contribution in [0.5, 0.6) is 0 Å². The second-order valence-electron chi connectivity index (χ2n) is 3.95. The van der Waals surface area contributed by atoms with E-state index in [1.54, 1.807) is 0 Å². The van der Waals surface area contributed by atoms with Crippen LogP contribution in [0.25, 0.3) is 0 Å². The van der Waals surface area contributed by atoms with Gasteiger partial charge in [-0.25, -0.2) is 0 Å². The Morgan fingerprint density at radius 3 is 2.26 bits per heavy atom. The number of hydrogen-bond donors (Lipinski definition) is 2. The van der Waals surface area contributed by atoms with Crippen molar-refractivity contribution in [3.63, 3.8) is 0 Å². The summed E-state index contributed by atoms with van der Waals surface area (Å²) in [6.45, 7) is 0.350. The highest BCUT2D eigenvalue weighted by Crippen LogP contribution is 2.15. The molecule has 0 saturated heterocycles. The van der Waals surface area contributed by atoms with E-state index in [0.717, 1.165) is 11.3 Å². The lowest BCUT2D eigenvalue weighted by molar-refractivity contribution is -0.129. The maximum absolute atomic E-state index is 11.8. The van der Waals surface area contributed by atoms with Crippen molar-refractivity contribution in [1.82, 2.24) is 4.90 Å². The Morgan fingerprint density at radius 1 is 1.16 bits per heavy atom. The molecule has 0 spiro atoms. The molecule has 0 unspecified atom stereocenters. The van der Waals surface area contributed by atoms with Gasteiger partial charge in [-0.15, -0.1) is 11.8 Å². The second-order valence-corrected chi connectivity index (χ2v) is 5.37. The van der Waals surface area contributed by atoms with E-state index < -0.39 is 0 Å². The fourth-order valence-electron chi connectivity index (χ4n) is 1.53. The summed E-state index contributed by atoms with van der Waals surface area (Å²) in [6, 6.07) is 7.50. The molecular weight excluding hydrogens is 286 g/mol. The minimum atomic E-state index is -0.0897. The Bertz CT molecular complexity index is 380. The largest absolute Gasteiger partial charge is 0.395 e. The van der Waals surface area contributed by atoms with Gasteiger partial charge in [0.2, 0.25) is 5.91 Å². The van der Waals surface area contributed by atoms with Crippen molar-refractivity contribution in [1.29, 1.82) is 0 Å². The summed E-state index contributed by atoms with van der Waals surface area (Å²) in [7, 11) is 0. The van der Waals surface area contributed by atoms with Crippen molar-refractivity contribution in [3.8, 4) is 0 Å². The van der Waals surface area contributed by atoms with Gasteiger partial charge in [0.05, 0.1) is 19.0 Å². The minimum Gasteiger partial charge on any atom is -0.395 e. The van der Waals surface area contributed by atoms with Crippen molar-refractivity contribution in [2.75, 3.05) is 32.1 Å². The van der Waals surface area contributed by atoms with Crippen LogP contribution in [0.15, 0.2) is 24.3 Å². The van der Waals surface area contributed by atoms with E-state index in [4.69, 9.17) is 21.8 Å². The Balaban J connectivity index is 2.34. The standard InChI is InChI=1S/C13H18ClNO3S/c14-12-3-1-11(2-4-12)9-19-10-13(18)15(5-7-16)6-8-17/h1-4,16-17H,5-10H2. The van der Waals surface area contributed by atoms with Crippen LogP contribution in [0, 0.1) is 0 Å². The van der Waals surface area contributed by atoms with Crippen LogP contribution < -0.4 is 0 Å². The van der Waals surface area contributed by atoms with Gasteiger partial charge < -0.3 is 15.1 Å². The smallest absolute Gasteiger partial charge is 0.232 e. The van der Waals surface area contributed by atoms with Crippen LogP contribution in [0.4, 0.5) is 0 Å². The van der Waals surface area contributed by atoms with Gasteiger partial charge in [0.25, 0.3) is 0 Å². The van der Waals surface area contributed by atoms with Gasteiger partial charge in [-0.1, -0.05) is 23.7 Å². The summed E-state index contributed by atoms with van der Waals surface area (Å²) in [5.41, 5.74) is 1.11. The molecule has 2 N–H and O–H groups in total. The average Bonchev–Trinajstić information content (AvgIpc) is 2.40. The Kier molecular flexibility index (Phi) is 7.90. The number of aliphatic hydroxyl groups excluding tert-OH is 2. The van der Waals surface area contributed by atoms with Crippen LogP contribution in [0.3, 0.4) is 0 Å². The van der Waals surface area contributed by atoms with Crippen LogP contribution in [-0.2, 0) is 10.5 Å². The van der Waals surface area contributed by atoms with Crippen molar-refractivity contribution in [3.05, 3.63) is 34.9 Å². The van der Waals surface area contributed by atoms with Crippen LogP contribution in [0.2, 0.25) is 5.02 Å². The first-order valence-corrected chi connectivity index (χ1v) is 7.52. The van der Waals surface area contributed by atoms with Crippen molar-refractivity contribution < 1.29 is 15.0 Å². The number of rotatable bonds is 8. The van der Waals surface area contributed by atoms with Crippen molar-refractivity contribution in [2.24, 2.45) is 0 Å². The lowest BCUT2D eigenvalue weighted by atomic mass is 10.2. The molecule has 0 aliphatic heterocycles. The molecule has 1 amide bonds. The van der Waals surface area contributed by atoms with E-state index in [-0.39, 0.29) is 32.2 Å². The molecule has 4 nitrogen and oxygen atoms in total. The van der Waals surface area contributed by atoms with Gasteiger partial charge in [-0.3, -0.25) is 4.79 Å². The van der Waals surface area contributed by atoms with E-state index >= 15 is 0 Å². The highest BCUT2D eigenvalue weighted by molar-refractivity contribution is 7.99. The number of thioether (sulfide) groups is 1. The molecule has 106 valence electrons. The molecule has 0 aliphatic carbocycles. The number of nitrogens with zero attached hydrogens (tertiary/aromatic N) is 1. The Labute approximate surface area is 122 Å². The first kappa shape index (κ1) is 16.3. The SMILES string of the molecule is O=C(CSCc1ccc(Cl)cc1)N(CCO)CCO. The van der Waals surface area contributed by atoms with Gasteiger partial charge in [0.15, 0.2) is 0 Å². The van der Waals surface area contributed by atoms with E-state index in [9.17, 15) is 4.79 Å². The molecule has 1 aromatic rings. The third kappa shape index (κ3) is 6.29. The Hall–Kier alpha value is -0.750.